The summed E-state index contributed by atoms with van der Waals surface area (Å²) in [5.74, 6) is -1.01. The third-order valence-corrected chi connectivity index (χ3v) is 4.03. The second-order valence-corrected chi connectivity index (χ2v) is 6.46. The van der Waals surface area contributed by atoms with E-state index < -0.39 is 18.5 Å². The summed E-state index contributed by atoms with van der Waals surface area (Å²) < 4.78 is 10.1. The molecule has 0 radical (unpaired) electrons. The Labute approximate surface area is 167 Å². The monoisotopic (exact) mass is 393 g/mol. The number of benzene rings is 2. The summed E-state index contributed by atoms with van der Waals surface area (Å²) in [6.45, 7) is -0.843. The number of esters is 1. The van der Waals surface area contributed by atoms with Crippen LogP contribution < -0.4 is 15.4 Å². The predicted octanol–water partition coefficient (Wildman–Crippen LogP) is 2.01. The molecule has 0 spiro atoms. The van der Waals surface area contributed by atoms with E-state index in [9.17, 15) is 14.4 Å². The Morgan fingerprint density at radius 2 is 1.83 bits per heavy atom. The number of anilines is 1. The van der Waals surface area contributed by atoms with Gasteiger partial charge < -0.3 is 20.1 Å². The molecule has 3 rings (SSSR count). The predicted molar refractivity (Wildman–Crippen MR) is 103 cm³/mol. The maximum absolute atomic E-state index is 12.0. The van der Waals surface area contributed by atoms with Crippen molar-refractivity contribution in [2.24, 2.45) is 0 Å². The topological polar surface area (TPSA) is 118 Å². The fraction of sp³-hybridized carbons (Fsp3) is 0.238. The molecular weight excluding hydrogens is 374 g/mol. The minimum atomic E-state index is -0.706. The number of nitrogens with one attached hydrogen (secondary N) is 2. The van der Waals surface area contributed by atoms with Crippen molar-refractivity contribution in [3.63, 3.8) is 0 Å². The summed E-state index contributed by atoms with van der Waals surface area (Å²) in [4.78, 5) is 35.7. The van der Waals surface area contributed by atoms with Crippen LogP contribution in [0.2, 0.25) is 0 Å². The molecule has 8 heteroatoms. The van der Waals surface area contributed by atoms with Gasteiger partial charge in [0.25, 0.3) is 11.8 Å². The Hall–Kier alpha value is -3.86. The number of hydrogen-bond donors (Lipinski definition) is 2. The van der Waals surface area contributed by atoms with Crippen LogP contribution >= 0.6 is 0 Å². The standard InChI is InChI=1S/C21H19N3O5/c22-11-14-4-8-18(9-5-14)28-13-20(26)29-12-19(25)23-17-3-1-2-15(10-17)21(27)24-16-6-7-16/h1-5,8-10,16H,6-7,12-13H2,(H,23,25)(H,24,27). The maximum Gasteiger partial charge on any atom is 0.344 e. The van der Waals surface area contributed by atoms with Gasteiger partial charge in [0, 0.05) is 17.3 Å². The molecule has 8 nitrogen and oxygen atoms in total. The summed E-state index contributed by atoms with van der Waals surface area (Å²) in [7, 11) is 0. The summed E-state index contributed by atoms with van der Waals surface area (Å²) in [6.07, 6.45) is 1.98. The van der Waals surface area contributed by atoms with Crippen LogP contribution in [0.3, 0.4) is 0 Å². The van der Waals surface area contributed by atoms with Crippen molar-refractivity contribution in [2.45, 2.75) is 18.9 Å². The molecule has 2 aromatic rings. The zero-order valence-corrected chi connectivity index (χ0v) is 15.5. The van der Waals surface area contributed by atoms with Crippen molar-refractivity contribution in [3.8, 4) is 11.8 Å². The van der Waals surface area contributed by atoms with Gasteiger partial charge in [-0.3, -0.25) is 9.59 Å². The average Bonchev–Trinajstić information content (AvgIpc) is 3.55. The molecule has 0 heterocycles. The SMILES string of the molecule is N#Cc1ccc(OCC(=O)OCC(=O)Nc2cccc(C(=O)NC3CC3)c2)cc1. The number of ether oxygens (including phenoxy) is 2. The van der Waals surface area contributed by atoms with E-state index in [4.69, 9.17) is 14.7 Å². The minimum absolute atomic E-state index is 0.185. The van der Waals surface area contributed by atoms with Crippen LogP contribution in [0.1, 0.15) is 28.8 Å². The number of nitriles is 1. The first-order valence-electron chi connectivity index (χ1n) is 9.03. The molecule has 2 aromatic carbocycles. The fourth-order valence-corrected chi connectivity index (χ4v) is 2.39. The molecule has 1 aliphatic rings. The lowest BCUT2D eigenvalue weighted by atomic mass is 10.2. The molecule has 0 atom stereocenters. The van der Waals surface area contributed by atoms with Gasteiger partial charge in [-0.05, 0) is 55.3 Å². The summed E-state index contributed by atoms with van der Waals surface area (Å²) >= 11 is 0. The van der Waals surface area contributed by atoms with E-state index in [0.717, 1.165) is 12.8 Å². The minimum Gasteiger partial charge on any atom is -0.482 e. The summed E-state index contributed by atoms with van der Waals surface area (Å²) in [5, 5.41) is 14.2. The van der Waals surface area contributed by atoms with Crippen molar-refractivity contribution >= 4 is 23.5 Å². The molecular formula is C21H19N3O5. The lowest BCUT2D eigenvalue weighted by Gasteiger charge is -2.09. The fourth-order valence-electron chi connectivity index (χ4n) is 2.39. The highest BCUT2D eigenvalue weighted by atomic mass is 16.6. The van der Waals surface area contributed by atoms with Gasteiger partial charge in [0.15, 0.2) is 13.2 Å². The third kappa shape index (κ3) is 6.36. The van der Waals surface area contributed by atoms with Crippen molar-refractivity contribution in [1.29, 1.82) is 5.26 Å². The van der Waals surface area contributed by atoms with Crippen LogP contribution in [-0.4, -0.2) is 37.0 Å². The van der Waals surface area contributed by atoms with Crippen LogP contribution in [0.25, 0.3) is 0 Å². The Kier molecular flexibility index (Phi) is 6.43. The van der Waals surface area contributed by atoms with E-state index in [2.05, 4.69) is 10.6 Å². The zero-order chi connectivity index (χ0) is 20.6. The molecule has 0 aromatic heterocycles. The number of rotatable bonds is 8. The normalized spacial score (nSPS) is 12.4. The Morgan fingerprint density at radius 3 is 2.52 bits per heavy atom. The second-order valence-electron chi connectivity index (χ2n) is 6.46. The van der Waals surface area contributed by atoms with Crippen LogP contribution in [0.5, 0.6) is 5.75 Å². The second kappa shape index (κ2) is 9.37. The van der Waals surface area contributed by atoms with Crippen LogP contribution in [0, 0.1) is 11.3 Å². The number of carbonyl (C=O) groups is 3. The highest BCUT2D eigenvalue weighted by molar-refractivity contribution is 5.98. The number of amides is 2. The van der Waals surface area contributed by atoms with E-state index in [1.54, 1.807) is 48.5 Å². The quantitative estimate of drug-likeness (QED) is 0.663. The molecule has 1 fully saturated rings. The van der Waals surface area contributed by atoms with Gasteiger partial charge in [0.1, 0.15) is 5.75 Å². The van der Waals surface area contributed by atoms with Crippen molar-refractivity contribution in [3.05, 3.63) is 59.7 Å². The Bertz CT molecular complexity index is 946. The maximum atomic E-state index is 12.0. The van der Waals surface area contributed by atoms with Crippen LogP contribution in [0.4, 0.5) is 5.69 Å². The molecule has 1 aliphatic carbocycles. The molecule has 0 aliphatic heterocycles. The zero-order valence-electron chi connectivity index (χ0n) is 15.5. The van der Waals surface area contributed by atoms with Gasteiger partial charge >= 0.3 is 5.97 Å². The first-order chi connectivity index (χ1) is 14.0. The van der Waals surface area contributed by atoms with Gasteiger partial charge in [-0.15, -0.1) is 0 Å². The summed E-state index contributed by atoms with van der Waals surface area (Å²) in [5.41, 5.74) is 1.36. The molecule has 29 heavy (non-hydrogen) atoms. The molecule has 0 saturated heterocycles. The van der Waals surface area contributed by atoms with E-state index in [0.29, 0.717) is 22.6 Å². The smallest absolute Gasteiger partial charge is 0.344 e. The van der Waals surface area contributed by atoms with Gasteiger partial charge in [-0.25, -0.2) is 4.79 Å². The van der Waals surface area contributed by atoms with Gasteiger partial charge in [-0.1, -0.05) is 6.07 Å². The number of hydrogen-bond acceptors (Lipinski definition) is 6. The molecule has 2 amide bonds. The van der Waals surface area contributed by atoms with Crippen molar-refractivity contribution in [2.75, 3.05) is 18.5 Å². The Morgan fingerprint density at radius 1 is 1.07 bits per heavy atom. The van der Waals surface area contributed by atoms with Crippen LogP contribution in [-0.2, 0) is 14.3 Å². The van der Waals surface area contributed by atoms with E-state index >= 15 is 0 Å². The number of nitrogens with zero attached hydrogens (tertiary/aromatic N) is 1. The van der Waals surface area contributed by atoms with Gasteiger partial charge in [-0.2, -0.15) is 5.26 Å². The number of carbonyl (C=O) groups excluding carboxylic acids is 3. The first-order valence-corrected chi connectivity index (χ1v) is 9.03. The Balaban J connectivity index is 1.41. The third-order valence-electron chi connectivity index (χ3n) is 4.03. The molecule has 0 bridgehead atoms. The molecule has 0 unspecified atom stereocenters. The average molecular weight is 393 g/mol. The van der Waals surface area contributed by atoms with Crippen molar-refractivity contribution in [1.82, 2.24) is 5.32 Å². The van der Waals surface area contributed by atoms with Crippen LogP contribution in [0.15, 0.2) is 48.5 Å². The van der Waals surface area contributed by atoms with Crippen molar-refractivity contribution < 1.29 is 23.9 Å². The highest BCUT2D eigenvalue weighted by Gasteiger charge is 2.23. The van der Waals surface area contributed by atoms with Gasteiger partial charge in [0.2, 0.25) is 0 Å². The highest BCUT2D eigenvalue weighted by Crippen LogP contribution is 2.20. The molecule has 148 valence electrons. The lowest BCUT2D eigenvalue weighted by Crippen LogP contribution is -2.26. The first kappa shape index (κ1) is 19.9. The van der Waals surface area contributed by atoms with E-state index in [-0.39, 0.29) is 18.6 Å². The van der Waals surface area contributed by atoms with Gasteiger partial charge in [0.05, 0.1) is 11.6 Å². The summed E-state index contributed by atoms with van der Waals surface area (Å²) in [6, 6.07) is 15.0. The van der Waals surface area contributed by atoms with E-state index in [1.165, 1.54) is 0 Å². The molecule has 1 saturated carbocycles. The largest absolute Gasteiger partial charge is 0.482 e. The lowest BCUT2D eigenvalue weighted by molar-refractivity contribution is -0.149. The molecule has 2 N–H and O–H groups in total. The van der Waals surface area contributed by atoms with E-state index in [1.807, 2.05) is 6.07 Å².